The number of aliphatic hydroxyl groups excluding tert-OH is 3. The molecule has 0 bridgehead atoms. The van der Waals surface area contributed by atoms with Gasteiger partial charge in [-0.2, -0.15) is 0 Å². The first-order valence-electron chi connectivity index (χ1n) is 8.91. The van der Waals surface area contributed by atoms with Crippen molar-refractivity contribution >= 4 is 5.97 Å². The fraction of sp³-hybridized carbons (Fsp3) is 0.833. The lowest BCUT2D eigenvalue weighted by Gasteiger charge is -2.15. The lowest BCUT2D eigenvalue weighted by Crippen LogP contribution is -2.24. The highest BCUT2D eigenvalue weighted by Crippen LogP contribution is 2.12. The highest BCUT2D eigenvalue weighted by atomic mass is 16.4. The Morgan fingerprint density at radius 2 is 1.48 bits per heavy atom. The minimum atomic E-state index is -0.942. The van der Waals surface area contributed by atoms with Crippen LogP contribution in [0.2, 0.25) is 0 Å². The van der Waals surface area contributed by atoms with E-state index in [4.69, 9.17) is 5.11 Å². The summed E-state index contributed by atoms with van der Waals surface area (Å²) in [4.78, 5) is 10.4. The number of aliphatic hydroxyl groups is 3. The fourth-order valence-electron chi connectivity index (χ4n) is 2.40. The molecule has 136 valence electrons. The monoisotopic (exact) mass is 330 g/mol. The summed E-state index contributed by atoms with van der Waals surface area (Å²) in [6.07, 6.45) is 9.55. The summed E-state index contributed by atoms with van der Waals surface area (Å²) < 4.78 is 0. The molecule has 0 rings (SSSR count). The van der Waals surface area contributed by atoms with Crippen LogP contribution in [-0.4, -0.2) is 44.7 Å². The van der Waals surface area contributed by atoms with E-state index in [9.17, 15) is 20.1 Å². The maximum atomic E-state index is 10.4. The minimum absolute atomic E-state index is 0.215. The van der Waals surface area contributed by atoms with Gasteiger partial charge in [-0.1, -0.05) is 64.0 Å². The van der Waals surface area contributed by atoms with Gasteiger partial charge in [-0.25, -0.2) is 0 Å². The second-order valence-electron chi connectivity index (χ2n) is 6.21. The van der Waals surface area contributed by atoms with Crippen LogP contribution in [0.3, 0.4) is 0 Å². The van der Waals surface area contributed by atoms with Crippen molar-refractivity contribution in [1.29, 1.82) is 0 Å². The van der Waals surface area contributed by atoms with Crippen LogP contribution >= 0.6 is 0 Å². The van der Waals surface area contributed by atoms with Crippen molar-refractivity contribution in [1.82, 2.24) is 0 Å². The van der Waals surface area contributed by atoms with Crippen molar-refractivity contribution in [3.63, 3.8) is 0 Å². The molecule has 0 amide bonds. The second-order valence-corrected chi connectivity index (χ2v) is 6.21. The molecule has 5 nitrogen and oxygen atoms in total. The molecule has 23 heavy (non-hydrogen) atoms. The molecule has 3 unspecified atom stereocenters. The Balaban J connectivity index is 3.68. The highest BCUT2D eigenvalue weighted by Gasteiger charge is 2.13. The SMILES string of the molecule is CCCCCC(O)/C=C/C(O)C(O)CCCCCCCC(=O)O. The number of carboxylic acid groups (broad SMARTS) is 1. The van der Waals surface area contributed by atoms with Crippen molar-refractivity contribution in [3.8, 4) is 0 Å². The maximum Gasteiger partial charge on any atom is 0.303 e. The summed E-state index contributed by atoms with van der Waals surface area (Å²) in [5.74, 6) is -0.757. The molecule has 0 aliphatic rings. The van der Waals surface area contributed by atoms with Gasteiger partial charge < -0.3 is 20.4 Å². The zero-order valence-corrected chi connectivity index (χ0v) is 14.4. The summed E-state index contributed by atoms with van der Waals surface area (Å²) in [6, 6.07) is 0. The predicted octanol–water partition coefficient (Wildman–Crippen LogP) is 3.02. The summed E-state index contributed by atoms with van der Waals surface area (Å²) >= 11 is 0. The molecule has 0 aliphatic carbocycles. The van der Waals surface area contributed by atoms with Crippen LogP contribution in [0.5, 0.6) is 0 Å². The molecule has 3 atom stereocenters. The molecule has 0 spiro atoms. The molecule has 0 aliphatic heterocycles. The standard InChI is InChI=1S/C18H34O5/c1-2-3-7-10-15(19)13-14-17(21)16(20)11-8-5-4-6-9-12-18(22)23/h13-17,19-21H,2-12H2,1H3,(H,22,23)/b14-13+. The first-order valence-corrected chi connectivity index (χ1v) is 8.91. The van der Waals surface area contributed by atoms with E-state index in [1.165, 1.54) is 6.08 Å². The average molecular weight is 330 g/mol. The Morgan fingerprint density at radius 1 is 0.870 bits per heavy atom. The van der Waals surface area contributed by atoms with Gasteiger partial charge in [0, 0.05) is 6.42 Å². The summed E-state index contributed by atoms with van der Waals surface area (Å²) in [6.45, 7) is 2.11. The van der Waals surface area contributed by atoms with Gasteiger partial charge in [-0.15, -0.1) is 0 Å². The van der Waals surface area contributed by atoms with E-state index in [0.717, 1.165) is 44.9 Å². The number of rotatable bonds is 15. The van der Waals surface area contributed by atoms with Crippen molar-refractivity contribution in [2.24, 2.45) is 0 Å². The van der Waals surface area contributed by atoms with Gasteiger partial charge in [-0.05, 0) is 19.3 Å². The zero-order valence-electron chi connectivity index (χ0n) is 14.4. The van der Waals surface area contributed by atoms with Gasteiger partial charge in [0.25, 0.3) is 0 Å². The first kappa shape index (κ1) is 22.1. The van der Waals surface area contributed by atoms with Crippen LogP contribution in [0.1, 0.15) is 77.6 Å². The Labute approximate surface area is 140 Å². The molecule has 0 aromatic heterocycles. The molecular weight excluding hydrogens is 296 g/mol. The Kier molecular flexibility index (Phi) is 14.1. The van der Waals surface area contributed by atoms with Crippen LogP contribution in [0.4, 0.5) is 0 Å². The van der Waals surface area contributed by atoms with Crippen molar-refractivity contribution in [2.45, 2.75) is 95.9 Å². The minimum Gasteiger partial charge on any atom is -0.481 e. The van der Waals surface area contributed by atoms with Crippen LogP contribution in [0, 0.1) is 0 Å². The first-order chi connectivity index (χ1) is 11.0. The van der Waals surface area contributed by atoms with Crippen LogP contribution in [0.15, 0.2) is 12.2 Å². The smallest absolute Gasteiger partial charge is 0.303 e. The van der Waals surface area contributed by atoms with Crippen molar-refractivity contribution in [2.75, 3.05) is 0 Å². The number of hydrogen-bond acceptors (Lipinski definition) is 4. The van der Waals surface area contributed by atoms with E-state index in [2.05, 4.69) is 6.92 Å². The molecule has 0 heterocycles. The van der Waals surface area contributed by atoms with E-state index < -0.39 is 24.3 Å². The third kappa shape index (κ3) is 14.4. The lowest BCUT2D eigenvalue weighted by molar-refractivity contribution is -0.137. The molecule has 0 saturated heterocycles. The Morgan fingerprint density at radius 3 is 2.13 bits per heavy atom. The molecule has 0 radical (unpaired) electrons. The van der Waals surface area contributed by atoms with Crippen LogP contribution in [-0.2, 0) is 4.79 Å². The summed E-state index contributed by atoms with van der Waals surface area (Å²) in [5, 5.41) is 37.9. The second kappa shape index (κ2) is 14.7. The molecular formula is C18H34O5. The summed E-state index contributed by atoms with van der Waals surface area (Å²) in [5.41, 5.74) is 0. The van der Waals surface area contributed by atoms with Gasteiger partial charge in [0.2, 0.25) is 0 Å². The topological polar surface area (TPSA) is 98.0 Å². The highest BCUT2D eigenvalue weighted by molar-refractivity contribution is 5.66. The van der Waals surface area contributed by atoms with Gasteiger partial charge in [0.1, 0.15) is 0 Å². The van der Waals surface area contributed by atoms with Gasteiger partial charge >= 0.3 is 5.97 Å². The van der Waals surface area contributed by atoms with E-state index in [-0.39, 0.29) is 6.42 Å². The number of unbranched alkanes of at least 4 members (excludes halogenated alkanes) is 6. The van der Waals surface area contributed by atoms with Gasteiger partial charge in [-0.3, -0.25) is 4.79 Å². The molecule has 0 fully saturated rings. The molecule has 4 N–H and O–H groups in total. The molecule has 0 saturated carbocycles. The number of hydrogen-bond donors (Lipinski definition) is 4. The molecule has 0 aromatic carbocycles. The van der Waals surface area contributed by atoms with E-state index in [0.29, 0.717) is 19.3 Å². The van der Waals surface area contributed by atoms with Crippen LogP contribution in [0.25, 0.3) is 0 Å². The lowest BCUT2D eigenvalue weighted by atomic mass is 10.0. The molecule has 5 heteroatoms. The van der Waals surface area contributed by atoms with Gasteiger partial charge in [0.05, 0.1) is 18.3 Å². The third-order valence-electron chi connectivity index (χ3n) is 3.92. The van der Waals surface area contributed by atoms with Crippen molar-refractivity contribution < 1.29 is 25.2 Å². The number of carbonyl (C=O) groups is 1. The van der Waals surface area contributed by atoms with Gasteiger partial charge in [0.15, 0.2) is 0 Å². The summed E-state index contributed by atoms with van der Waals surface area (Å²) in [7, 11) is 0. The largest absolute Gasteiger partial charge is 0.481 e. The van der Waals surface area contributed by atoms with Crippen molar-refractivity contribution in [3.05, 3.63) is 12.2 Å². The quantitative estimate of drug-likeness (QED) is 0.273. The van der Waals surface area contributed by atoms with Crippen LogP contribution < -0.4 is 0 Å². The van der Waals surface area contributed by atoms with E-state index in [1.807, 2.05) is 0 Å². The number of carboxylic acids is 1. The fourth-order valence-corrected chi connectivity index (χ4v) is 2.40. The average Bonchev–Trinajstić information content (AvgIpc) is 2.51. The molecule has 0 aromatic rings. The zero-order chi connectivity index (χ0) is 17.5. The van der Waals surface area contributed by atoms with E-state index in [1.54, 1.807) is 6.08 Å². The Hall–Kier alpha value is -0.910. The number of aliphatic carboxylic acids is 1. The third-order valence-corrected chi connectivity index (χ3v) is 3.92. The Bertz CT molecular complexity index is 317. The maximum absolute atomic E-state index is 10.4. The predicted molar refractivity (Wildman–Crippen MR) is 91.3 cm³/mol. The van der Waals surface area contributed by atoms with E-state index >= 15 is 0 Å². The normalized spacial score (nSPS) is 15.7.